The minimum absolute atomic E-state index is 0.126. The molecule has 1 aliphatic rings. The molecule has 6 nitrogen and oxygen atoms in total. The van der Waals surface area contributed by atoms with E-state index in [1.54, 1.807) is 28.9 Å². The zero-order valence-corrected chi connectivity index (χ0v) is 15.4. The molecule has 0 radical (unpaired) electrons. The first kappa shape index (κ1) is 18.4. The molecule has 2 aromatic heterocycles. The van der Waals surface area contributed by atoms with Gasteiger partial charge in [-0.2, -0.15) is 5.10 Å². The van der Waals surface area contributed by atoms with E-state index in [1.807, 2.05) is 12.1 Å². The Morgan fingerprint density at radius 2 is 2.07 bits per heavy atom. The van der Waals surface area contributed by atoms with Gasteiger partial charge < -0.3 is 14.6 Å². The van der Waals surface area contributed by atoms with Gasteiger partial charge in [0.15, 0.2) is 17.4 Å². The SMILES string of the molecule is CN1C[C@@H](NCc2ccc(-c3ccn(Cc4ccc(F)c(F)c4)n3)o2)CC1=O. The van der Waals surface area contributed by atoms with E-state index in [9.17, 15) is 13.6 Å². The van der Waals surface area contributed by atoms with Gasteiger partial charge in [-0.05, 0) is 35.9 Å². The highest BCUT2D eigenvalue weighted by molar-refractivity contribution is 5.78. The predicted octanol–water partition coefficient (Wildman–Crippen LogP) is 2.79. The lowest BCUT2D eigenvalue weighted by atomic mass is 10.2. The topological polar surface area (TPSA) is 63.3 Å². The fraction of sp³-hybridized carbons (Fsp3) is 0.300. The normalized spacial score (nSPS) is 16.9. The second-order valence-corrected chi connectivity index (χ2v) is 6.97. The molecule has 0 bridgehead atoms. The van der Waals surface area contributed by atoms with Crippen LogP contribution in [0, 0.1) is 11.6 Å². The molecule has 1 N–H and O–H groups in total. The number of benzene rings is 1. The molecule has 0 saturated carbocycles. The lowest BCUT2D eigenvalue weighted by Crippen LogP contribution is -2.30. The molecule has 146 valence electrons. The highest BCUT2D eigenvalue weighted by Gasteiger charge is 2.26. The molecule has 4 rings (SSSR count). The Kier molecular flexibility index (Phi) is 4.95. The second kappa shape index (κ2) is 7.55. The Balaban J connectivity index is 1.37. The number of rotatable bonds is 6. The number of halogens is 2. The van der Waals surface area contributed by atoms with Crippen LogP contribution < -0.4 is 5.32 Å². The molecule has 3 aromatic rings. The van der Waals surface area contributed by atoms with E-state index in [0.29, 0.717) is 43.1 Å². The maximum absolute atomic E-state index is 13.3. The Morgan fingerprint density at radius 3 is 2.82 bits per heavy atom. The molecular formula is C20H20F2N4O2. The van der Waals surface area contributed by atoms with E-state index in [2.05, 4.69) is 10.4 Å². The van der Waals surface area contributed by atoms with Crippen molar-refractivity contribution in [3.8, 4) is 11.5 Å². The van der Waals surface area contributed by atoms with Gasteiger partial charge in [0.2, 0.25) is 5.91 Å². The van der Waals surface area contributed by atoms with Crippen LogP contribution in [0.25, 0.3) is 11.5 Å². The van der Waals surface area contributed by atoms with Crippen LogP contribution in [-0.2, 0) is 17.9 Å². The number of hydrogen-bond donors (Lipinski definition) is 1. The van der Waals surface area contributed by atoms with Crippen molar-refractivity contribution in [2.45, 2.75) is 25.6 Å². The van der Waals surface area contributed by atoms with Crippen LogP contribution >= 0.6 is 0 Å². The van der Waals surface area contributed by atoms with E-state index >= 15 is 0 Å². The standard InChI is InChI=1S/C20H20F2N4O2/c1-25-12-14(9-20(25)27)23-10-15-3-5-19(28-15)18-6-7-26(24-18)11-13-2-4-16(21)17(22)8-13/h2-8,14,23H,9-12H2,1H3/t14-/m0/s1. The summed E-state index contributed by atoms with van der Waals surface area (Å²) in [7, 11) is 1.80. The summed E-state index contributed by atoms with van der Waals surface area (Å²) in [6, 6.07) is 9.45. The first-order valence-electron chi connectivity index (χ1n) is 9.02. The molecule has 0 spiro atoms. The first-order chi connectivity index (χ1) is 13.5. The van der Waals surface area contributed by atoms with Gasteiger partial charge in [-0.15, -0.1) is 0 Å². The number of aromatic nitrogens is 2. The largest absolute Gasteiger partial charge is 0.458 e. The number of likely N-dealkylation sites (tertiary alicyclic amines) is 1. The molecule has 1 amide bonds. The minimum Gasteiger partial charge on any atom is -0.458 e. The lowest BCUT2D eigenvalue weighted by Gasteiger charge is -2.10. The summed E-state index contributed by atoms with van der Waals surface area (Å²) in [4.78, 5) is 13.3. The van der Waals surface area contributed by atoms with E-state index in [0.717, 1.165) is 11.8 Å². The zero-order valence-electron chi connectivity index (χ0n) is 15.4. The van der Waals surface area contributed by atoms with Crippen molar-refractivity contribution in [1.82, 2.24) is 20.0 Å². The van der Waals surface area contributed by atoms with Crippen LogP contribution in [0.2, 0.25) is 0 Å². The average molecular weight is 386 g/mol. The highest BCUT2D eigenvalue weighted by atomic mass is 19.2. The summed E-state index contributed by atoms with van der Waals surface area (Å²) in [5, 5.41) is 7.76. The van der Waals surface area contributed by atoms with E-state index < -0.39 is 11.6 Å². The predicted molar refractivity (Wildman–Crippen MR) is 98.3 cm³/mol. The van der Waals surface area contributed by atoms with Crippen molar-refractivity contribution >= 4 is 5.91 Å². The number of carbonyl (C=O) groups is 1. The molecule has 1 aromatic carbocycles. The number of nitrogens with one attached hydrogen (secondary N) is 1. The van der Waals surface area contributed by atoms with Crippen molar-refractivity contribution in [1.29, 1.82) is 0 Å². The highest BCUT2D eigenvalue weighted by Crippen LogP contribution is 2.21. The summed E-state index contributed by atoms with van der Waals surface area (Å²) >= 11 is 0. The Hall–Kier alpha value is -3.00. The molecule has 1 fully saturated rings. The number of likely N-dealkylation sites (N-methyl/N-ethyl adjacent to an activating group) is 1. The van der Waals surface area contributed by atoms with E-state index in [-0.39, 0.29) is 11.9 Å². The zero-order chi connectivity index (χ0) is 19.7. The van der Waals surface area contributed by atoms with Crippen LogP contribution in [0.4, 0.5) is 8.78 Å². The van der Waals surface area contributed by atoms with Gasteiger partial charge in [0.25, 0.3) is 0 Å². The second-order valence-electron chi connectivity index (χ2n) is 6.97. The molecule has 8 heteroatoms. The van der Waals surface area contributed by atoms with Crippen molar-refractivity contribution in [2.75, 3.05) is 13.6 Å². The summed E-state index contributed by atoms with van der Waals surface area (Å²) < 4.78 is 33.8. The molecular weight excluding hydrogens is 366 g/mol. The van der Waals surface area contributed by atoms with Crippen molar-refractivity contribution in [3.05, 3.63) is 65.6 Å². The summed E-state index contributed by atoms with van der Waals surface area (Å²) in [5.41, 5.74) is 1.28. The van der Waals surface area contributed by atoms with Crippen LogP contribution in [0.3, 0.4) is 0 Å². The molecule has 0 unspecified atom stereocenters. The quantitative estimate of drug-likeness (QED) is 0.708. The summed E-state index contributed by atoms with van der Waals surface area (Å²) in [6.07, 6.45) is 2.26. The van der Waals surface area contributed by atoms with Gasteiger partial charge in [0.1, 0.15) is 11.5 Å². The van der Waals surface area contributed by atoms with Crippen LogP contribution in [-0.4, -0.2) is 40.2 Å². The number of nitrogens with zero attached hydrogens (tertiary/aromatic N) is 3. The van der Waals surface area contributed by atoms with Gasteiger partial charge in [0, 0.05) is 32.3 Å². The number of amides is 1. The Morgan fingerprint density at radius 1 is 1.21 bits per heavy atom. The molecule has 1 aliphatic heterocycles. The fourth-order valence-electron chi connectivity index (χ4n) is 3.26. The third-order valence-electron chi connectivity index (χ3n) is 4.79. The first-order valence-corrected chi connectivity index (χ1v) is 9.02. The maximum atomic E-state index is 13.3. The summed E-state index contributed by atoms with van der Waals surface area (Å²) in [5.74, 6) is -0.213. The number of furan rings is 1. The molecule has 28 heavy (non-hydrogen) atoms. The molecule has 0 aliphatic carbocycles. The van der Waals surface area contributed by atoms with Gasteiger partial charge in [-0.25, -0.2) is 8.78 Å². The molecule has 1 atom stereocenters. The van der Waals surface area contributed by atoms with Crippen molar-refractivity contribution in [2.24, 2.45) is 0 Å². The number of carbonyl (C=O) groups excluding carboxylic acids is 1. The lowest BCUT2D eigenvalue weighted by molar-refractivity contribution is -0.126. The van der Waals surface area contributed by atoms with E-state index in [1.165, 1.54) is 12.1 Å². The summed E-state index contributed by atoms with van der Waals surface area (Å²) in [6.45, 7) is 1.55. The van der Waals surface area contributed by atoms with Gasteiger partial charge in [-0.3, -0.25) is 9.48 Å². The molecule has 1 saturated heterocycles. The van der Waals surface area contributed by atoms with Gasteiger partial charge >= 0.3 is 0 Å². The Bertz CT molecular complexity index is 998. The maximum Gasteiger partial charge on any atom is 0.224 e. The third kappa shape index (κ3) is 3.96. The minimum atomic E-state index is -0.872. The number of hydrogen-bond acceptors (Lipinski definition) is 4. The van der Waals surface area contributed by atoms with Crippen LogP contribution in [0.5, 0.6) is 0 Å². The van der Waals surface area contributed by atoms with Gasteiger partial charge in [0.05, 0.1) is 13.1 Å². The van der Waals surface area contributed by atoms with Crippen molar-refractivity contribution in [3.63, 3.8) is 0 Å². The molecule has 3 heterocycles. The van der Waals surface area contributed by atoms with Gasteiger partial charge in [-0.1, -0.05) is 6.07 Å². The van der Waals surface area contributed by atoms with Crippen molar-refractivity contribution < 1.29 is 18.0 Å². The van der Waals surface area contributed by atoms with Crippen LogP contribution in [0.1, 0.15) is 17.7 Å². The monoisotopic (exact) mass is 386 g/mol. The fourth-order valence-corrected chi connectivity index (χ4v) is 3.26. The Labute approximate surface area is 160 Å². The smallest absolute Gasteiger partial charge is 0.224 e. The third-order valence-corrected chi connectivity index (χ3v) is 4.79. The average Bonchev–Trinajstić information content (AvgIpc) is 3.38. The van der Waals surface area contributed by atoms with E-state index in [4.69, 9.17) is 4.42 Å². The van der Waals surface area contributed by atoms with Crippen LogP contribution in [0.15, 0.2) is 47.0 Å².